The van der Waals surface area contributed by atoms with E-state index in [1.54, 1.807) is 5.57 Å². The lowest BCUT2D eigenvalue weighted by Crippen LogP contribution is -2.37. The van der Waals surface area contributed by atoms with Gasteiger partial charge in [0.2, 0.25) is 0 Å². The van der Waals surface area contributed by atoms with Crippen LogP contribution in [-0.2, 0) is 0 Å². The molecular weight excluding hydrogens is 192 g/mol. The Bertz CT molecular complexity index is 263. The Labute approximate surface area is 102 Å². The first-order valence-corrected chi connectivity index (χ1v) is 7.30. The predicted molar refractivity (Wildman–Crippen MR) is 71.3 cm³/mol. The molecule has 0 saturated heterocycles. The second-order valence-corrected chi connectivity index (χ2v) is 6.40. The van der Waals surface area contributed by atoms with Crippen LogP contribution in [0.1, 0.15) is 59.8 Å². The monoisotopic (exact) mass is 220 g/mol. The van der Waals surface area contributed by atoms with Gasteiger partial charge in [0, 0.05) is 0 Å². The highest BCUT2D eigenvalue weighted by Gasteiger charge is 2.39. The Hall–Kier alpha value is -0.260. The summed E-state index contributed by atoms with van der Waals surface area (Å²) >= 11 is 0. The Kier molecular flexibility index (Phi) is 3.77. The zero-order chi connectivity index (χ0) is 11.7. The number of hydrogen-bond acceptors (Lipinski definition) is 0. The Balaban J connectivity index is 2.18. The van der Waals surface area contributed by atoms with Crippen LogP contribution in [0.5, 0.6) is 0 Å². The van der Waals surface area contributed by atoms with Crippen LogP contribution in [0.4, 0.5) is 0 Å². The molecule has 0 spiro atoms. The molecule has 5 atom stereocenters. The summed E-state index contributed by atoms with van der Waals surface area (Å²) < 4.78 is 0. The fraction of sp³-hybridized carbons (Fsp3) is 0.875. The molecule has 0 nitrogen and oxygen atoms in total. The van der Waals surface area contributed by atoms with Gasteiger partial charge in [0.05, 0.1) is 0 Å². The van der Waals surface area contributed by atoms with Crippen LogP contribution in [0.2, 0.25) is 0 Å². The number of allylic oxidation sites excluding steroid dienone is 2. The van der Waals surface area contributed by atoms with E-state index in [1.165, 1.54) is 32.1 Å². The maximum absolute atomic E-state index is 2.64. The van der Waals surface area contributed by atoms with Crippen molar-refractivity contribution in [2.45, 2.75) is 59.8 Å². The smallest absolute Gasteiger partial charge is 0.0169 e. The molecule has 0 amide bonds. The molecule has 16 heavy (non-hydrogen) atoms. The van der Waals surface area contributed by atoms with E-state index in [9.17, 15) is 0 Å². The van der Waals surface area contributed by atoms with Crippen molar-refractivity contribution in [1.29, 1.82) is 0 Å². The van der Waals surface area contributed by atoms with Crippen LogP contribution >= 0.6 is 0 Å². The van der Waals surface area contributed by atoms with Gasteiger partial charge in [-0.1, -0.05) is 45.3 Å². The van der Waals surface area contributed by atoms with E-state index in [-0.39, 0.29) is 0 Å². The van der Waals surface area contributed by atoms with E-state index in [0.29, 0.717) is 0 Å². The van der Waals surface area contributed by atoms with Crippen LogP contribution in [0, 0.1) is 29.6 Å². The van der Waals surface area contributed by atoms with E-state index in [0.717, 1.165) is 29.6 Å². The first-order chi connectivity index (χ1) is 7.63. The average molecular weight is 220 g/mol. The Morgan fingerprint density at radius 2 is 2.06 bits per heavy atom. The first-order valence-electron chi connectivity index (χ1n) is 7.30. The zero-order valence-electron chi connectivity index (χ0n) is 11.5. The lowest BCUT2D eigenvalue weighted by atomic mass is 9.60. The summed E-state index contributed by atoms with van der Waals surface area (Å²) in [5.74, 6) is 4.77. The Morgan fingerprint density at radius 3 is 2.75 bits per heavy atom. The molecule has 1 saturated carbocycles. The number of rotatable bonds is 2. The van der Waals surface area contributed by atoms with Gasteiger partial charge in [0.15, 0.2) is 0 Å². The topological polar surface area (TPSA) is 0 Å². The van der Waals surface area contributed by atoms with Crippen molar-refractivity contribution in [1.82, 2.24) is 0 Å². The van der Waals surface area contributed by atoms with Crippen molar-refractivity contribution < 1.29 is 0 Å². The van der Waals surface area contributed by atoms with Crippen LogP contribution in [0.15, 0.2) is 11.6 Å². The third-order valence-electron chi connectivity index (χ3n) is 5.40. The molecule has 0 aromatic heterocycles. The van der Waals surface area contributed by atoms with Gasteiger partial charge in [0.25, 0.3) is 0 Å². The van der Waals surface area contributed by atoms with Crippen molar-refractivity contribution in [2.75, 3.05) is 0 Å². The van der Waals surface area contributed by atoms with E-state index in [1.807, 2.05) is 0 Å². The summed E-state index contributed by atoms with van der Waals surface area (Å²) in [6.07, 6.45) is 9.76. The lowest BCUT2D eigenvalue weighted by molar-refractivity contribution is 0.0817. The molecule has 0 aromatic carbocycles. The van der Waals surface area contributed by atoms with Gasteiger partial charge in [-0.25, -0.2) is 0 Å². The summed E-state index contributed by atoms with van der Waals surface area (Å²) in [6, 6.07) is 0. The maximum Gasteiger partial charge on any atom is -0.0169 e. The second-order valence-electron chi connectivity index (χ2n) is 6.40. The van der Waals surface area contributed by atoms with Crippen molar-refractivity contribution in [3.63, 3.8) is 0 Å². The van der Waals surface area contributed by atoms with Gasteiger partial charge in [-0.05, 0) is 55.8 Å². The van der Waals surface area contributed by atoms with Gasteiger partial charge >= 0.3 is 0 Å². The fourth-order valence-electron chi connectivity index (χ4n) is 4.06. The highest BCUT2D eigenvalue weighted by Crippen LogP contribution is 2.48. The SMILES string of the molecule is CCC(C)[C@H]1CC[C@@H](C)[C@@H]2CCC(C)=C[C@@H]21. The zero-order valence-corrected chi connectivity index (χ0v) is 11.5. The largest absolute Gasteiger partial charge is 0.0819 e. The van der Waals surface area contributed by atoms with E-state index in [2.05, 4.69) is 33.8 Å². The minimum absolute atomic E-state index is 0.910. The van der Waals surface area contributed by atoms with Crippen molar-refractivity contribution in [2.24, 2.45) is 29.6 Å². The quantitative estimate of drug-likeness (QED) is 0.571. The lowest BCUT2D eigenvalue weighted by Gasteiger charge is -2.45. The van der Waals surface area contributed by atoms with Crippen molar-refractivity contribution >= 4 is 0 Å². The number of fused-ring (bicyclic) bond motifs is 1. The minimum Gasteiger partial charge on any atom is -0.0819 e. The van der Waals surface area contributed by atoms with E-state index >= 15 is 0 Å². The van der Waals surface area contributed by atoms with Crippen LogP contribution in [-0.4, -0.2) is 0 Å². The summed E-state index contributed by atoms with van der Waals surface area (Å²) in [4.78, 5) is 0. The molecule has 0 aliphatic heterocycles. The molecule has 2 rings (SSSR count). The van der Waals surface area contributed by atoms with Gasteiger partial charge in [-0.2, -0.15) is 0 Å². The summed E-state index contributed by atoms with van der Waals surface area (Å²) in [6.45, 7) is 9.65. The van der Waals surface area contributed by atoms with Crippen molar-refractivity contribution in [3.05, 3.63) is 11.6 Å². The third kappa shape index (κ3) is 2.21. The predicted octanol–water partition coefficient (Wildman–Crippen LogP) is 5.05. The molecule has 0 radical (unpaired) electrons. The molecule has 0 bridgehead atoms. The van der Waals surface area contributed by atoms with Gasteiger partial charge in [0.1, 0.15) is 0 Å². The molecule has 92 valence electrons. The Morgan fingerprint density at radius 1 is 1.31 bits per heavy atom. The average Bonchev–Trinajstić information content (AvgIpc) is 2.28. The standard InChI is InChI=1S/C16H28/c1-5-12(3)14-9-7-13(4)15-8-6-11(2)10-16(14)15/h10,12-16H,5-9H2,1-4H3/t12?,13-,14-,15+,16-/m1/s1. The molecule has 1 unspecified atom stereocenters. The molecular formula is C16H28. The van der Waals surface area contributed by atoms with Gasteiger partial charge < -0.3 is 0 Å². The van der Waals surface area contributed by atoms with Crippen molar-refractivity contribution in [3.8, 4) is 0 Å². The molecule has 0 aromatic rings. The van der Waals surface area contributed by atoms with Crippen LogP contribution < -0.4 is 0 Å². The highest BCUT2D eigenvalue weighted by atomic mass is 14.4. The van der Waals surface area contributed by atoms with E-state index in [4.69, 9.17) is 0 Å². The molecule has 0 heterocycles. The normalized spacial score (nSPS) is 41.1. The molecule has 2 aliphatic carbocycles. The summed E-state index contributed by atoms with van der Waals surface area (Å²) in [7, 11) is 0. The summed E-state index contributed by atoms with van der Waals surface area (Å²) in [5.41, 5.74) is 1.66. The summed E-state index contributed by atoms with van der Waals surface area (Å²) in [5, 5.41) is 0. The number of hydrogen-bond donors (Lipinski definition) is 0. The van der Waals surface area contributed by atoms with E-state index < -0.39 is 0 Å². The third-order valence-corrected chi connectivity index (χ3v) is 5.40. The minimum atomic E-state index is 0.910. The molecule has 1 fully saturated rings. The van der Waals surface area contributed by atoms with Gasteiger partial charge in [-0.3, -0.25) is 0 Å². The highest BCUT2D eigenvalue weighted by molar-refractivity contribution is 5.11. The molecule has 0 heteroatoms. The van der Waals surface area contributed by atoms with Crippen LogP contribution in [0.3, 0.4) is 0 Å². The molecule has 0 N–H and O–H groups in total. The van der Waals surface area contributed by atoms with Crippen LogP contribution in [0.25, 0.3) is 0 Å². The fourth-order valence-corrected chi connectivity index (χ4v) is 4.06. The first kappa shape index (κ1) is 12.2. The maximum atomic E-state index is 2.64. The molecule has 2 aliphatic rings. The van der Waals surface area contributed by atoms with Gasteiger partial charge in [-0.15, -0.1) is 0 Å². The second kappa shape index (κ2) is 4.94.